The van der Waals surface area contributed by atoms with E-state index in [2.05, 4.69) is 40.0 Å². The molecule has 13 heavy (non-hydrogen) atoms. The van der Waals surface area contributed by atoms with Crippen LogP contribution in [0.4, 0.5) is 0 Å². The van der Waals surface area contributed by atoms with Gasteiger partial charge in [0.2, 0.25) is 0 Å². The lowest BCUT2D eigenvalue weighted by atomic mass is 10.2. The lowest BCUT2D eigenvalue weighted by Crippen LogP contribution is -1.82. The van der Waals surface area contributed by atoms with Crippen molar-refractivity contribution in [3.63, 3.8) is 0 Å². The third-order valence-corrected chi connectivity index (χ3v) is 4.20. The van der Waals surface area contributed by atoms with Crippen molar-refractivity contribution in [2.75, 3.05) is 0 Å². The number of halogens is 2. The van der Waals surface area contributed by atoms with Gasteiger partial charge in [-0.1, -0.05) is 15.9 Å². The Morgan fingerprint density at radius 2 is 2.31 bits per heavy atom. The van der Waals surface area contributed by atoms with Crippen molar-refractivity contribution in [2.24, 2.45) is 0 Å². The molecule has 0 saturated heterocycles. The van der Waals surface area contributed by atoms with E-state index in [-0.39, 0.29) is 0 Å². The Hall–Kier alpha value is 0.300. The normalized spacial score (nSPS) is 11.0. The SMILES string of the molecule is Sc1cc(Br)c2ccsc2c1CCl. The molecular weight excluding hydrogens is 288 g/mol. The lowest BCUT2D eigenvalue weighted by Gasteiger charge is -2.04. The highest BCUT2D eigenvalue weighted by atomic mass is 79.9. The highest BCUT2D eigenvalue weighted by molar-refractivity contribution is 9.10. The zero-order valence-corrected chi connectivity index (χ0v) is 10.6. The summed E-state index contributed by atoms with van der Waals surface area (Å²) >= 11 is 15.5. The molecule has 0 radical (unpaired) electrons. The average Bonchev–Trinajstić information content (AvgIpc) is 2.53. The molecule has 0 unspecified atom stereocenters. The topological polar surface area (TPSA) is 0 Å². The number of fused-ring (bicyclic) bond motifs is 1. The van der Waals surface area contributed by atoms with Gasteiger partial charge in [-0.2, -0.15) is 0 Å². The molecule has 0 aliphatic heterocycles. The fraction of sp³-hybridized carbons (Fsp3) is 0.111. The van der Waals surface area contributed by atoms with Gasteiger partial charge in [-0.15, -0.1) is 35.6 Å². The van der Waals surface area contributed by atoms with Gasteiger partial charge >= 0.3 is 0 Å². The first-order chi connectivity index (χ1) is 6.24. The van der Waals surface area contributed by atoms with Crippen LogP contribution in [-0.4, -0.2) is 0 Å². The molecule has 4 heteroatoms. The summed E-state index contributed by atoms with van der Waals surface area (Å²) in [7, 11) is 0. The second-order valence-corrected chi connectivity index (χ2v) is 5.17. The van der Waals surface area contributed by atoms with Crippen molar-refractivity contribution in [3.05, 3.63) is 27.5 Å². The third kappa shape index (κ3) is 1.63. The summed E-state index contributed by atoms with van der Waals surface area (Å²) in [5.41, 5.74) is 1.12. The molecule has 0 spiro atoms. The molecule has 0 saturated carbocycles. The Balaban J connectivity index is 2.88. The minimum Gasteiger partial charge on any atom is -0.143 e. The Morgan fingerprint density at radius 1 is 1.54 bits per heavy atom. The molecule has 1 heterocycles. The Bertz CT molecular complexity index is 450. The van der Waals surface area contributed by atoms with Crippen LogP contribution < -0.4 is 0 Å². The number of hydrogen-bond donors (Lipinski definition) is 1. The predicted octanol–water partition coefficient (Wildman–Crippen LogP) is 4.69. The molecule has 0 N–H and O–H groups in total. The summed E-state index contributed by atoms with van der Waals surface area (Å²) < 4.78 is 2.32. The maximum absolute atomic E-state index is 5.86. The summed E-state index contributed by atoms with van der Waals surface area (Å²) in [6.45, 7) is 0. The lowest BCUT2D eigenvalue weighted by molar-refractivity contribution is 1.31. The van der Waals surface area contributed by atoms with E-state index in [0.29, 0.717) is 5.88 Å². The van der Waals surface area contributed by atoms with E-state index in [1.54, 1.807) is 11.3 Å². The first kappa shape index (κ1) is 9.84. The number of thiol groups is 1. The summed E-state index contributed by atoms with van der Waals surface area (Å²) in [4.78, 5) is 0.955. The summed E-state index contributed by atoms with van der Waals surface area (Å²) in [6, 6.07) is 4.09. The highest BCUT2D eigenvalue weighted by Gasteiger charge is 2.08. The largest absolute Gasteiger partial charge is 0.143 e. The van der Waals surface area contributed by atoms with Gasteiger partial charge in [-0.25, -0.2) is 0 Å². The van der Waals surface area contributed by atoms with Crippen molar-refractivity contribution >= 4 is 61.6 Å². The quantitative estimate of drug-likeness (QED) is 0.572. The fourth-order valence-electron chi connectivity index (χ4n) is 1.26. The van der Waals surface area contributed by atoms with E-state index in [1.807, 2.05) is 6.07 Å². The van der Waals surface area contributed by atoms with Crippen LogP contribution >= 0.6 is 51.5 Å². The first-order valence-electron chi connectivity index (χ1n) is 3.67. The number of alkyl halides is 1. The molecule has 68 valence electrons. The first-order valence-corrected chi connectivity index (χ1v) is 6.33. The molecule has 0 aliphatic carbocycles. The van der Waals surface area contributed by atoms with Crippen molar-refractivity contribution in [2.45, 2.75) is 10.8 Å². The van der Waals surface area contributed by atoms with Crippen LogP contribution in [0.15, 0.2) is 26.9 Å². The van der Waals surface area contributed by atoms with E-state index in [4.69, 9.17) is 11.6 Å². The van der Waals surface area contributed by atoms with E-state index < -0.39 is 0 Å². The Morgan fingerprint density at radius 3 is 3.00 bits per heavy atom. The molecule has 0 fully saturated rings. The van der Waals surface area contributed by atoms with E-state index in [0.717, 1.165) is 14.9 Å². The average molecular weight is 294 g/mol. The van der Waals surface area contributed by atoms with Gasteiger partial charge < -0.3 is 0 Å². The third-order valence-electron chi connectivity index (χ3n) is 1.90. The minimum absolute atomic E-state index is 0.517. The van der Waals surface area contributed by atoms with Gasteiger partial charge in [0.05, 0.1) is 0 Å². The van der Waals surface area contributed by atoms with Crippen LogP contribution in [0.25, 0.3) is 10.1 Å². The summed E-state index contributed by atoms with van der Waals surface area (Å²) in [6.07, 6.45) is 0. The molecule has 0 atom stereocenters. The maximum atomic E-state index is 5.86. The Labute approximate surface area is 99.4 Å². The molecule has 0 bridgehead atoms. The number of hydrogen-bond acceptors (Lipinski definition) is 2. The highest BCUT2D eigenvalue weighted by Crippen LogP contribution is 2.35. The molecule has 2 rings (SSSR count). The second kappa shape index (κ2) is 3.81. The molecule has 0 amide bonds. The van der Waals surface area contributed by atoms with E-state index in [9.17, 15) is 0 Å². The molecule has 0 aliphatic rings. The van der Waals surface area contributed by atoms with Crippen molar-refractivity contribution in [1.82, 2.24) is 0 Å². The Kier molecular flexibility index (Phi) is 2.88. The predicted molar refractivity (Wildman–Crippen MR) is 66.3 cm³/mol. The van der Waals surface area contributed by atoms with Crippen molar-refractivity contribution in [3.8, 4) is 0 Å². The second-order valence-electron chi connectivity index (χ2n) is 2.65. The van der Waals surface area contributed by atoms with Gasteiger partial charge in [0.25, 0.3) is 0 Å². The zero-order valence-electron chi connectivity index (χ0n) is 6.55. The number of thiophene rings is 1. The standard InChI is InChI=1S/C9H6BrClS2/c10-7-3-8(12)6(4-11)9-5(7)1-2-13-9/h1-3,12H,4H2. The van der Waals surface area contributed by atoms with Gasteiger partial charge in [-0.05, 0) is 23.1 Å². The van der Waals surface area contributed by atoms with Crippen LogP contribution in [0.2, 0.25) is 0 Å². The van der Waals surface area contributed by atoms with Gasteiger partial charge in [0, 0.05) is 25.3 Å². The minimum atomic E-state index is 0.517. The molecule has 1 aromatic heterocycles. The summed E-state index contributed by atoms with van der Waals surface area (Å²) in [5.74, 6) is 0.517. The number of benzene rings is 1. The van der Waals surface area contributed by atoms with Gasteiger partial charge in [0.1, 0.15) is 0 Å². The monoisotopic (exact) mass is 292 g/mol. The van der Waals surface area contributed by atoms with Crippen LogP contribution in [0, 0.1) is 0 Å². The van der Waals surface area contributed by atoms with Gasteiger partial charge in [0.15, 0.2) is 0 Å². The van der Waals surface area contributed by atoms with Gasteiger partial charge in [-0.3, -0.25) is 0 Å². The molecule has 1 aromatic carbocycles. The van der Waals surface area contributed by atoms with Crippen molar-refractivity contribution < 1.29 is 0 Å². The molecular formula is C9H6BrClS2. The van der Waals surface area contributed by atoms with Crippen LogP contribution in [0.1, 0.15) is 5.56 Å². The molecule has 2 aromatic rings. The van der Waals surface area contributed by atoms with Crippen LogP contribution in [-0.2, 0) is 5.88 Å². The van der Waals surface area contributed by atoms with Crippen LogP contribution in [0.5, 0.6) is 0 Å². The maximum Gasteiger partial charge on any atom is 0.0499 e. The molecule has 0 nitrogen and oxygen atoms in total. The van der Waals surface area contributed by atoms with Crippen LogP contribution in [0.3, 0.4) is 0 Å². The number of rotatable bonds is 1. The zero-order chi connectivity index (χ0) is 9.42. The summed E-state index contributed by atoms with van der Waals surface area (Å²) in [5, 5.41) is 3.29. The van der Waals surface area contributed by atoms with E-state index in [1.165, 1.54) is 10.1 Å². The van der Waals surface area contributed by atoms with E-state index >= 15 is 0 Å². The fourth-order valence-corrected chi connectivity index (χ4v) is 3.94. The van der Waals surface area contributed by atoms with Crippen molar-refractivity contribution in [1.29, 1.82) is 0 Å². The smallest absolute Gasteiger partial charge is 0.0499 e.